The quantitative estimate of drug-likeness (QED) is 0.427. The number of non-ortho nitro benzene ring substituents is 1. The number of carbonyl (C=O) groups excluding carboxylic acids is 2. The van der Waals surface area contributed by atoms with Crippen LogP contribution in [0, 0.1) is 19.6 Å². The number of hydrogen-bond donors (Lipinski definition) is 2. The second kappa shape index (κ2) is 7.34. The molecule has 21 heavy (non-hydrogen) atoms. The van der Waals surface area contributed by atoms with Crippen molar-refractivity contribution in [3.05, 3.63) is 37.4 Å². The Morgan fingerprint density at radius 3 is 2.57 bits per heavy atom. The monoisotopic (exact) mass is 405 g/mol. The zero-order valence-corrected chi connectivity index (χ0v) is 13.8. The number of amides is 2. The first-order valence-corrected chi connectivity index (χ1v) is 7.39. The van der Waals surface area contributed by atoms with Crippen LogP contribution in [-0.4, -0.2) is 22.8 Å². The molecule has 0 saturated heterocycles. The normalized spacial score (nSPS) is 13.3. The van der Waals surface area contributed by atoms with E-state index in [0.29, 0.717) is 9.99 Å². The van der Waals surface area contributed by atoms with Crippen molar-refractivity contribution in [2.45, 2.75) is 26.3 Å². The van der Waals surface area contributed by atoms with Crippen molar-refractivity contribution in [2.24, 2.45) is 11.7 Å². The van der Waals surface area contributed by atoms with Crippen LogP contribution in [0.15, 0.2) is 18.2 Å². The van der Waals surface area contributed by atoms with E-state index in [1.165, 1.54) is 18.2 Å². The summed E-state index contributed by atoms with van der Waals surface area (Å²) in [6.07, 6.45) is 0.667. The minimum Gasteiger partial charge on any atom is -0.368 e. The number of hydrogen-bond acceptors (Lipinski definition) is 4. The standard InChI is InChI=1S/C13H16IN3O4/c1-3-7(2)11(12(15)18)16-13(19)9-6-8(17(20)21)4-5-10(9)14/h4-7,11H,3H2,1-2H3,(H2,15,18)(H,16,19). The summed E-state index contributed by atoms with van der Waals surface area (Å²) >= 11 is 1.91. The van der Waals surface area contributed by atoms with Crippen LogP contribution in [-0.2, 0) is 4.79 Å². The number of primary amides is 1. The van der Waals surface area contributed by atoms with Gasteiger partial charge >= 0.3 is 0 Å². The van der Waals surface area contributed by atoms with Gasteiger partial charge in [0.05, 0.1) is 10.5 Å². The summed E-state index contributed by atoms with van der Waals surface area (Å²) in [5, 5.41) is 13.3. The topological polar surface area (TPSA) is 115 Å². The highest BCUT2D eigenvalue weighted by atomic mass is 127. The van der Waals surface area contributed by atoms with Crippen LogP contribution in [0.3, 0.4) is 0 Å². The average Bonchev–Trinajstić information content (AvgIpc) is 2.43. The third-order valence-electron chi connectivity index (χ3n) is 3.21. The summed E-state index contributed by atoms with van der Waals surface area (Å²) < 4.78 is 0.558. The minimum atomic E-state index is -0.808. The van der Waals surface area contributed by atoms with Crippen molar-refractivity contribution in [3.8, 4) is 0 Å². The molecule has 0 aliphatic rings. The molecule has 3 N–H and O–H groups in total. The summed E-state index contributed by atoms with van der Waals surface area (Å²) in [6, 6.07) is 3.18. The SMILES string of the molecule is CCC(C)C(NC(=O)c1cc([N+](=O)[O-])ccc1I)C(N)=O. The first-order valence-electron chi connectivity index (χ1n) is 6.32. The molecule has 1 aromatic rings. The molecule has 2 atom stereocenters. The van der Waals surface area contributed by atoms with Crippen LogP contribution in [0.5, 0.6) is 0 Å². The van der Waals surface area contributed by atoms with E-state index in [2.05, 4.69) is 5.32 Å². The molecule has 0 aliphatic heterocycles. The highest BCUT2D eigenvalue weighted by Crippen LogP contribution is 2.20. The second-order valence-electron chi connectivity index (χ2n) is 4.66. The Morgan fingerprint density at radius 2 is 2.10 bits per heavy atom. The summed E-state index contributed by atoms with van der Waals surface area (Å²) in [4.78, 5) is 33.8. The minimum absolute atomic E-state index is 0.122. The van der Waals surface area contributed by atoms with Crippen molar-refractivity contribution in [1.29, 1.82) is 0 Å². The Labute approximate surface area is 135 Å². The van der Waals surface area contributed by atoms with Gasteiger partial charge in [0, 0.05) is 15.7 Å². The van der Waals surface area contributed by atoms with Gasteiger partial charge in [-0.05, 0) is 34.6 Å². The number of nitrogens with two attached hydrogens (primary N) is 1. The van der Waals surface area contributed by atoms with Crippen molar-refractivity contribution in [2.75, 3.05) is 0 Å². The number of nitro groups is 1. The van der Waals surface area contributed by atoms with E-state index in [0.717, 1.165) is 0 Å². The Morgan fingerprint density at radius 1 is 1.48 bits per heavy atom. The molecule has 1 rings (SSSR count). The molecule has 1 aromatic carbocycles. The number of benzene rings is 1. The smallest absolute Gasteiger partial charge is 0.270 e. The van der Waals surface area contributed by atoms with Gasteiger partial charge in [-0.15, -0.1) is 0 Å². The summed E-state index contributed by atoms with van der Waals surface area (Å²) in [7, 11) is 0. The van der Waals surface area contributed by atoms with E-state index < -0.39 is 22.8 Å². The van der Waals surface area contributed by atoms with E-state index in [4.69, 9.17) is 5.73 Å². The van der Waals surface area contributed by atoms with Gasteiger partial charge in [0.25, 0.3) is 11.6 Å². The van der Waals surface area contributed by atoms with Gasteiger partial charge in [0.15, 0.2) is 0 Å². The van der Waals surface area contributed by atoms with Gasteiger partial charge in [-0.2, -0.15) is 0 Å². The third kappa shape index (κ3) is 4.38. The number of nitrogens with one attached hydrogen (secondary N) is 1. The maximum absolute atomic E-state index is 12.2. The molecule has 0 saturated carbocycles. The largest absolute Gasteiger partial charge is 0.368 e. The molecule has 0 bridgehead atoms. The first-order chi connectivity index (χ1) is 9.77. The molecule has 0 heterocycles. The molecular formula is C13H16IN3O4. The highest BCUT2D eigenvalue weighted by molar-refractivity contribution is 14.1. The second-order valence-corrected chi connectivity index (χ2v) is 5.82. The number of nitrogens with zero attached hydrogens (tertiary/aromatic N) is 1. The molecule has 0 radical (unpaired) electrons. The molecule has 8 heteroatoms. The third-order valence-corrected chi connectivity index (χ3v) is 4.15. The lowest BCUT2D eigenvalue weighted by molar-refractivity contribution is -0.384. The van der Waals surface area contributed by atoms with Crippen molar-refractivity contribution in [1.82, 2.24) is 5.32 Å². The van der Waals surface area contributed by atoms with Gasteiger partial charge in [-0.3, -0.25) is 19.7 Å². The van der Waals surface area contributed by atoms with E-state index in [9.17, 15) is 19.7 Å². The molecule has 0 fully saturated rings. The number of halogens is 1. The van der Waals surface area contributed by atoms with Crippen LogP contribution in [0.25, 0.3) is 0 Å². The van der Waals surface area contributed by atoms with Gasteiger partial charge in [-0.1, -0.05) is 20.3 Å². The van der Waals surface area contributed by atoms with E-state index in [1.54, 1.807) is 6.92 Å². The lowest BCUT2D eigenvalue weighted by atomic mass is 9.98. The Kier molecular flexibility index (Phi) is 6.06. The van der Waals surface area contributed by atoms with Crippen LogP contribution >= 0.6 is 22.6 Å². The van der Waals surface area contributed by atoms with E-state index in [1.807, 2.05) is 29.5 Å². The number of rotatable bonds is 6. The maximum atomic E-state index is 12.2. The number of nitro benzene ring substituents is 1. The zero-order chi connectivity index (χ0) is 16.2. The number of carbonyl (C=O) groups is 2. The summed E-state index contributed by atoms with van der Waals surface area (Å²) in [5.41, 5.74) is 5.26. The molecule has 2 amide bonds. The summed E-state index contributed by atoms with van der Waals surface area (Å²) in [6.45, 7) is 3.68. The Hall–Kier alpha value is -1.71. The molecule has 0 aromatic heterocycles. The Bertz CT molecular complexity index is 577. The predicted molar refractivity (Wildman–Crippen MR) is 85.7 cm³/mol. The first kappa shape index (κ1) is 17.3. The van der Waals surface area contributed by atoms with Crippen LogP contribution in [0.4, 0.5) is 5.69 Å². The molecule has 0 spiro atoms. The molecule has 2 unspecified atom stereocenters. The van der Waals surface area contributed by atoms with Gasteiger partial charge in [0.1, 0.15) is 6.04 Å². The van der Waals surface area contributed by atoms with Crippen molar-refractivity contribution < 1.29 is 14.5 Å². The van der Waals surface area contributed by atoms with Crippen LogP contribution < -0.4 is 11.1 Å². The summed E-state index contributed by atoms with van der Waals surface area (Å²) in [5.74, 6) is -1.30. The van der Waals surface area contributed by atoms with Gasteiger partial charge in [-0.25, -0.2) is 0 Å². The molecular weight excluding hydrogens is 389 g/mol. The average molecular weight is 405 g/mol. The lowest BCUT2D eigenvalue weighted by Gasteiger charge is -2.21. The molecule has 7 nitrogen and oxygen atoms in total. The van der Waals surface area contributed by atoms with Crippen LogP contribution in [0.1, 0.15) is 30.6 Å². The molecule has 0 aliphatic carbocycles. The van der Waals surface area contributed by atoms with Crippen molar-refractivity contribution in [3.63, 3.8) is 0 Å². The van der Waals surface area contributed by atoms with Gasteiger partial charge in [0.2, 0.25) is 5.91 Å². The van der Waals surface area contributed by atoms with Crippen molar-refractivity contribution >= 4 is 40.1 Å². The maximum Gasteiger partial charge on any atom is 0.270 e. The van der Waals surface area contributed by atoms with Gasteiger partial charge < -0.3 is 11.1 Å². The fourth-order valence-corrected chi connectivity index (χ4v) is 2.33. The zero-order valence-electron chi connectivity index (χ0n) is 11.6. The fourth-order valence-electron chi connectivity index (χ4n) is 1.75. The van der Waals surface area contributed by atoms with Crippen LogP contribution in [0.2, 0.25) is 0 Å². The fraction of sp³-hybridized carbons (Fsp3) is 0.385. The Balaban J connectivity index is 3.05. The molecule has 114 valence electrons. The highest BCUT2D eigenvalue weighted by Gasteiger charge is 2.25. The van der Waals surface area contributed by atoms with E-state index in [-0.39, 0.29) is 17.2 Å². The lowest BCUT2D eigenvalue weighted by Crippen LogP contribution is -2.48. The predicted octanol–water partition coefficient (Wildman–Crippen LogP) is 1.83. The van der Waals surface area contributed by atoms with E-state index >= 15 is 0 Å².